The van der Waals surface area contributed by atoms with Crippen LogP contribution in [0.1, 0.15) is 84.1 Å². The fourth-order valence-corrected chi connectivity index (χ4v) is 8.99. The van der Waals surface area contributed by atoms with Gasteiger partial charge in [-0.05, 0) is 81.3 Å². The summed E-state index contributed by atoms with van der Waals surface area (Å²) in [6, 6.07) is 5.34. The quantitative estimate of drug-likeness (QED) is 0.460. The van der Waals surface area contributed by atoms with Crippen LogP contribution in [0.3, 0.4) is 0 Å². The second-order valence-electron chi connectivity index (χ2n) is 14.4. The van der Waals surface area contributed by atoms with Crippen LogP contribution < -0.4 is 10.4 Å². The first-order chi connectivity index (χ1) is 20.5. The minimum atomic E-state index is -0.985. The van der Waals surface area contributed by atoms with Gasteiger partial charge < -0.3 is 23.7 Å². The first-order valence-corrected chi connectivity index (χ1v) is 15.8. The number of ether oxygens (including phenoxy) is 3. The zero-order valence-electron chi connectivity index (χ0n) is 25.3. The van der Waals surface area contributed by atoms with Crippen molar-refractivity contribution in [1.82, 2.24) is 4.98 Å². The first-order valence-electron chi connectivity index (χ1n) is 15.8. The standard InChI is InChI=1S/C34H41NO8/c1-18-27-23(14-22(41-31(27)39)21-6-5-13-35-16-21)43-34(4)25(36)15-24-32(2,28(18)34)12-11-26(42-30(38)20-9-10-20)33(24,3)17-40-29(37)19-7-8-19/h5-6,13-14,16,18-20,24-26,28,36H,7-12,15,17H2,1-4H3/t18-,24+,25-,26-,28+,32-,33+,34+/m0/s1. The number of hydrogen-bond donors (Lipinski definition) is 1. The summed E-state index contributed by atoms with van der Waals surface area (Å²) in [5.74, 6) is -0.409. The molecule has 1 N–H and O–H groups in total. The maximum atomic E-state index is 13.6. The van der Waals surface area contributed by atoms with E-state index in [-0.39, 0.29) is 48.1 Å². The van der Waals surface area contributed by atoms with Crippen LogP contribution in [-0.2, 0) is 19.1 Å². The van der Waals surface area contributed by atoms with Gasteiger partial charge in [0, 0.05) is 35.4 Å². The minimum Gasteiger partial charge on any atom is -0.484 e. The number of aliphatic hydroxyl groups excluding tert-OH is 1. The summed E-state index contributed by atoms with van der Waals surface area (Å²) in [6.07, 6.45) is 7.04. The molecule has 4 aliphatic carbocycles. The molecule has 2 aromatic heterocycles. The van der Waals surface area contributed by atoms with Gasteiger partial charge in [-0.1, -0.05) is 20.8 Å². The van der Waals surface area contributed by atoms with E-state index in [2.05, 4.69) is 11.9 Å². The van der Waals surface area contributed by atoms with Crippen LogP contribution in [-0.4, -0.2) is 46.4 Å². The van der Waals surface area contributed by atoms with Crippen LogP contribution in [0.4, 0.5) is 0 Å². The van der Waals surface area contributed by atoms with Gasteiger partial charge in [-0.25, -0.2) is 4.79 Å². The Hall–Kier alpha value is -3.20. The zero-order valence-corrected chi connectivity index (χ0v) is 25.3. The monoisotopic (exact) mass is 591 g/mol. The fraction of sp³-hybridized carbons (Fsp3) is 0.647. The summed E-state index contributed by atoms with van der Waals surface area (Å²) in [7, 11) is 0. The highest BCUT2D eigenvalue weighted by Crippen LogP contribution is 2.67. The van der Waals surface area contributed by atoms with Crippen molar-refractivity contribution in [3.63, 3.8) is 0 Å². The Morgan fingerprint density at radius 1 is 1.09 bits per heavy atom. The van der Waals surface area contributed by atoms with Gasteiger partial charge in [0.2, 0.25) is 0 Å². The largest absolute Gasteiger partial charge is 0.484 e. The van der Waals surface area contributed by atoms with Crippen molar-refractivity contribution in [2.24, 2.45) is 34.5 Å². The molecule has 230 valence electrons. The Kier molecular flexibility index (Phi) is 6.58. The Morgan fingerprint density at radius 2 is 1.81 bits per heavy atom. The maximum absolute atomic E-state index is 13.6. The van der Waals surface area contributed by atoms with E-state index in [1.54, 1.807) is 24.5 Å². The topological polar surface area (TPSA) is 125 Å². The number of carbonyl (C=O) groups excluding carboxylic acids is 2. The summed E-state index contributed by atoms with van der Waals surface area (Å²) in [6.45, 7) is 8.35. The van der Waals surface area contributed by atoms with Gasteiger partial charge in [-0.2, -0.15) is 0 Å². The normalized spacial score (nSPS) is 38.1. The first kappa shape index (κ1) is 28.6. The van der Waals surface area contributed by atoms with Gasteiger partial charge in [0.05, 0.1) is 23.5 Å². The molecule has 4 saturated carbocycles. The molecule has 5 aliphatic rings. The van der Waals surface area contributed by atoms with Gasteiger partial charge in [0.15, 0.2) is 0 Å². The number of esters is 2. The lowest BCUT2D eigenvalue weighted by atomic mass is 9.41. The molecular formula is C34H41NO8. The number of nitrogens with zero attached hydrogens (tertiary/aromatic N) is 1. The predicted octanol–water partition coefficient (Wildman–Crippen LogP) is 5.03. The van der Waals surface area contributed by atoms with Crippen LogP contribution in [0.2, 0.25) is 0 Å². The van der Waals surface area contributed by atoms with Crippen LogP contribution >= 0.6 is 0 Å². The molecule has 0 radical (unpaired) electrons. The van der Waals surface area contributed by atoms with E-state index >= 15 is 0 Å². The fourth-order valence-electron chi connectivity index (χ4n) is 8.99. The number of aromatic nitrogens is 1. The Morgan fingerprint density at radius 3 is 2.49 bits per heavy atom. The van der Waals surface area contributed by atoms with Crippen LogP contribution in [0.5, 0.6) is 5.75 Å². The summed E-state index contributed by atoms with van der Waals surface area (Å²) in [5, 5.41) is 11.9. The number of aliphatic hydroxyl groups is 1. The molecule has 9 nitrogen and oxygen atoms in total. The van der Waals surface area contributed by atoms with Crippen molar-refractivity contribution in [1.29, 1.82) is 0 Å². The number of hydrogen-bond acceptors (Lipinski definition) is 9. The molecule has 4 fully saturated rings. The number of pyridine rings is 1. The molecule has 0 spiro atoms. The van der Waals surface area contributed by atoms with Crippen molar-refractivity contribution in [2.45, 2.75) is 96.4 Å². The molecule has 0 bridgehead atoms. The Balaban J connectivity index is 1.27. The average molecular weight is 592 g/mol. The summed E-state index contributed by atoms with van der Waals surface area (Å²) >= 11 is 0. The predicted molar refractivity (Wildman–Crippen MR) is 155 cm³/mol. The summed E-state index contributed by atoms with van der Waals surface area (Å²) < 4.78 is 24.6. The van der Waals surface area contributed by atoms with Gasteiger partial charge >= 0.3 is 17.6 Å². The SMILES string of the molecule is C[C@H]1c2c(cc(-c3cccnc3)oc2=O)O[C@@]2(C)[C@H]1[C@@]1(C)CC[C@H](OC(=O)C3CC3)[C@](C)(COC(=O)C3CC3)[C@@H]1C[C@@H]2O. The molecule has 3 heterocycles. The lowest BCUT2D eigenvalue weighted by molar-refractivity contribution is -0.252. The van der Waals surface area contributed by atoms with Crippen molar-refractivity contribution >= 4 is 11.9 Å². The molecule has 2 aromatic rings. The van der Waals surface area contributed by atoms with E-state index in [1.807, 2.05) is 26.8 Å². The highest BCUT2D eigenvalue weighted by atomic mass is 16.6. The highest BCUT2D eigenvalue weighted by Gasteiger charge is 2.69. The second-order valence-corrected chi connectivity index (χ2v) is 14.4. The maximum Gasteiger partial charge on any atom is 0.343 e. The molecule has 0 saturated heterocycles. The van der Waals surface area contributed by atoms with Gasteiger partial charge in [-0.15, -0.1) is 0 Å². The number of carbonyl (C=O) groups is 2. The molecule has 0 aromatic carbocycles. The van der Waals surface area contributed by atoms with Crippen LogP contribution in [0.25, 0.3) is 11.3 Å². The molecule has 0 unspecified atom stereocenters. The zero-order chi connectivity index (χ0) is 30.3. The third-order valence-corrected chi connectivity index (χ3v) is 11.5. The van der Waals surface area contributed by atoms with E-state index in [9.17, 15) is 19.5 Å². The molecular weight excluding hydrogens is 550 g/mol. The molecule has 0 amide bonds. The third kappa shape index (κ3) is 4.52. The van der Waals surface area contributed by atoms with E-state index in [1.165, 1.54) is 0 Å². The van der Waals surface area contributed by atoms with Crippen LogP contribution in [0, 0.1) is 34.5 Å². The molecule has 1 aliphatic heterocycles. The van der Waals surface area contributed by atoms with Gasteiger partial charge in [-0.3, -0.25) is 14.6 Å². The van der Waals surface area contributed by atoms with Gasteiger partial charge in [0.25, 0.3) is 0 Å². The van der Waals surface area contributed by atoms with Crippen molar-refractivity contribution in [2.75, 3.05) is 6.61 Å². The highest BCUT2D eigenvalue weighted by molar-refractivity contribution is 5.75. The average Bonchev–Trinajstić information content (AvgIpc) is 3.88. The lowest BCUT2D eigenvalue weighted by Gasteiger charge is -2.66. The van der Waals surface area contributed by atoms with E-state index in [0.717, 1.165) is 25.7 Å². The van der Waals surface area contributed by atoms with E-state index < -0.39 is 34.3 Å². The molecule has 43 heavy (non-hydrogen) atoms. The van der Waals surface area contributed by atoms with E-state index in [0.29, 0.717) is 41.9 Å². The van der Waals surface area contributed by atoms with Crippen LogP contribution in [0.15, 0.2) is 39.8 Å². The second kappa shape index (κ2) is 9.91. The number of fused-ring (bicyclic) bond motifs is 4. The number of rotatable bonds is 6. The minimum absolute atomic E-state index is 0.0501. The lowest BCUT2D eigenvalue weighted by Crippen LogP contribution is -2.70. The molecule has 9 heteroatoms. The smallest absolute Gasteiger partial charge is 0.343 e. The summed E-state index contributed by atoms with van der Waals surface area (Å²) in [5.41, 5.74) is -1.46. The summed E-state index contributed by atoms with van der Waals surface area (Å²) in [4.78, 5) is 43.4. The van der Waals surface area contributed by atoms with Crippen molar-refractivity contribution in [3.8, 4) is 17.1 Å². The Bertz CT molecular complexity index is 1500. The van der Waals surface area contributed by atoms with Crippen molar-refractivity contribution in [3.05, 3.63) is 46.6 Å². The van der Waals surface area contributed by atoms with Crippen molar-refractivity contribution < 1.29 is 33.3 Å². The molecule has 8 atom stereocenters. The third-order valence-electron chi connectivity index (χ3n) is 11.5. The van der Waals surface area contributed by atoms with Gasteiger partial charge in [0.1, 0.15) is 29.8 Å². The van der Waals surface area contributed by atoms with E-state index in [4.69, 9.17) is 18.6 Å². The molecule has 7 rings (SSSR count). The Labute approximate surface area is 251 Å².